The van der Waals surface area contributed by atoms with Crippen molar-refractivity contribution in [3.8, 4) is 0 Å². The van der Waals surface area contributed by atoms with E-state index in [0.717, 1.165) is 38.5 Å². The summed E-state index contributed by atoms with van der Waals surface area (Å²) in [5, 5.41) is 0. The Hall–Kier alpha value is -1.36. The van der Waals surface area contributed by atoms with Crippen LogP contribution in [0.5, 0.6) is 0 Å². The lowest BCUT2D eigenvalue weighted by Gasteiger charge is -2.18. The van der Waals surface area contributed by atoms with Gasteiger partial charge in [-0.15, -0.1) is 0 Å². The van der Waals surface area contributed by atoms with E-state index in [1.165, 1.54) is 244 Å². The minimum absolute atomic E-state index is 0.158. The molecule has 5 nitrogen and oxygen atoms in total. The van der Waals surface area contributed by atoms with Gasteiger partial charge < -0.3 is 14.2 Å². The Balaban J connectivity index is 4.21. The maximum atomic E-state index is 12.6. The van der Waals surface area contributed by atoms with Crippen LogP contribution in [0.15, 0.2) is 12.2 Å². The third-order valence-corrected chi connectivity index (χ3v) is 12.8. The molecule has 368 valence electrons. The second-order valence-corrected chi connectivity index (χ2v) is 19.2. The number of hydrogen-bond donors (Lipinski definition) is 0. The first kappa shape index (κ1) is 60.6. The maximum absolute atomic E-state index is 12.6. The van der Waals surface area contributed by atoms with E-state index in [2.05, 4.69) is 32.9 Å². The van der Waals surface area contributed by atoms with Crippen LogP contribution in [-0.4, -0.2) is 37.9 Å². The van der Waals surface area contributed by atoms with Crippen molar-refractivity contribution in [2.45, 2.75) is 322 Å². The van der Waals surface area contributed by atoms with Crippen LogP contribution >= 0.6 is 0 Å². The van der Waals surface area contributed by atoms with E-state index in [1.54, 1.807) is 0 Å². The number of allylic oxidation sites excluding steroid dienone is 2. The molecule has 0 heterocycles. The molecule has 0 radical (unpaired) electrons. The fourth-order valence-corrected chi connectivity index (χ4v) is 8.54. The molecule has 0 unspecified atom stereocenters. The third kappa shape index (κ3) is 51.3. The van der Waals surface area contributed by atoms with Gasteiger partial charge >= 0.3 is 11.9 Å². The molecule has 0 saturated heterocycles. The highest BCUT2D eigenvalue weighted by molar-refractivity contribution is 5.69. The van der Waals surface area contributed by atoms with E-state index in [-0.39, 0.29) is 25.2 Å². The number of carbonyl (C=O) groups is 2. The molecule has 0 rings (SSSR count). The standard InChI is InChI=1S/C57H110O5/c1-4-7-10-13-16-19-22-25-28-31-34-37-40-43-46-49-52-60-55(53-61-56(58)50-47-44-41-38-35-32-29-26-23-20-17-14-11-8-5-2)54-62-57(59)51-48-45-42-39-36-33-30-27-24-21-18-15-12-9-6-3/h25,28,55H,4-24,26-27,29-54H2,1-3H3. The highest BCUT2D eigenvalue weighted by atomic mass is 16.6. The molecule has 0 amide bonds. The maximum Gasteiger partial charge on any atom is 0.305 e. The zero-order chi connectivity index (χ0) is 44.9. The summed E-state index contributed by atoms with van der Waals surface area (Å²) in [4.78, 5) is 25.3. The first-order valence-corrected chi connectivity index (χ1v) is 28.2. The summed E-state index contributed by atoms with van der Waals surface area (Å²) in [5.74, 6) is -0.315. The number of ether oxygens (including phenoxy) is 3. The summed E-state index contributed by atoms with van der Waals surface area (Å²) < 4.78 is 17.5. The molecule has 0 aromatic rings. The Labute approximate surface area is 388 Å². The molecule has 0 atom stereocenters. The van der Waals surface area contributed by atoms with Crippen molar-refractivity contribution in [2.24, 2.45) is 0 Å². The normalized spacial score (nSPS) is 11.7. The number of rotatable bonds is 53. The van der Waals surface area contributed by atoms with Crippen LogP contribution in [0.4, 0.5) is 0 Å². The number of esters is 2. The van der Waals surface area contributed by atoms with Crippen LogP contribution in [0.3, 0.4) is 0 Å². The van der Waals surface area contributed by atoms with Gasteiger partial charge in [-0.2, -0.15) is 0 Å². The molecule has 0 aliphatic heterocycles. The number of carbonyl (C=O) groups excluding carboxylic acids is 2. The van der Waals surface area contributed by atoms with Crippen LogP contribution in [-0.2, 0) is 23.8 Å². The van der Waals surface area contributed by atoms with Gasteiger partial charge in [0.15, 0.2) is 0 Å². The average Bonchev–Trinajstić information content (AvgIpc) is 3.28. The molecule has 5 heteroatoms. The van der Waals surface area contributed by atoms with Gasteiger partial charge in [0, 0.05) is 19.4 Å². The summed E-state index contributed by atoms with van der Waals surface area (Å²) >= 11 is 0. The van der Waals surface area contributed by atoms with E-state index in [4.69, 9.17) is 14.2 Å². The smallest absolute Gasteiger partial charge is 0.305 e. The van der Waals surface area contributed by atoms with Gasteiger partial charge in [0.25, 0.3) is 0 Å². The Bertz CT molecular complexity index is 852. The molecule has 62 heavy (non-hydrogen) atoms. The van der Waals surface area contributed by atoms with Crippen molar-refractivity contribution in [3.63, 3.8) is 0 Å². The topological polar surface area (TPSA) is 61.8 Å². The van der Waals surface area contributed by atoms with E-state index in [1.807, 2.05) is 0 Å². The van der Waals surface area contributed by atoms with Gasteiger partial charge in [-0.05, 0) is 44.9 Å². The van der Waals surface area contributed by atoms with Crippen molar-refractivity contribution in [3.05, 3.63) is 12.2 Å². The highest BCUT2D eigenvalue weighted by Gasteiger charge is 2.16. The Kier molecular flexibility index (Phi) is 52.8. The van der Waals surface area contributed by atoms with Gasteiger partial charge in [0.2, 0.25) is 0 Å². The molecule has 0 aliphatic rings. The van der Waals surface area contributed by atoms with Gasteiger partial charge in [-0.1, -0.05) is 270 Å². The molecular formula is C57H110O5. The molecule has 0 N–H and O–H groups in total. The van der Waals surface area contributed by atoms with Crippen LogP contribution in [0.2, 0.25) is 0 Å². The summed E-state index contributed by atoms with van der Waals surface area (Å²) in [7, 11) is 0. The van der Waals surface area contributed by atoms with E-state index in [9.17, 15) is 9.59 Å². The minimum Gasteiger partial charge on any atom is -0.463 e. The predicted octanol–water partition coefficient (Wildman–Crippen LogP) is 19.0. The third-order valence-electron chi connectivity index (χ3n) is 12.8. The predicted molar refractivity (Wildman–Crippen MR) is 270 cm³/mol. The summed E-state index contributed by atoms with van der Waals surface area (Å²) in [6.45, 7) is 7.78. The summed E-state index contributed by atoms with van der Waals surface area (Å²) in [5.41, 5.74) is 0. The Morgan fingerprint density at radius 2 is 0.565 bits per heavy atom. The van der Waals surface area contributed by atoms with Crippen LogP contribution in [0, 0.1) is 0 Å². The fourth-order valence-electron chi connectivity index (χ4n) is 8.54. The molecule has 0 aromatic carbocycles. The fraction of sp³-hybridized carbons (Fsp3) is 0.930. The zero-order valence-electron chi connectivity index (χ0n) is 42.4. The highest BCUT2D eigenvalue weighted by Crippen LogP contribution is 2.17. The monoisotopic (exact) mass is 875 g/mol. The summed E-state index contributed by atoms with van der Waals surface area (Å²) in [6.07, 6.45) is 62.4. The van der Waals surface area contributed by atoms with Crippen molar-refractivity contribution in [1.29, 1.82) is 0 Å². The molecule has 0 aliphatic carbocycles. The second-order valence-electron chi connectivity index (χ2n) is 19.2. The van der Waals surface area contributed by atoms with Crippen LogP contribution < -0.4 is 0 Å². The minimum atomic E-state index is -0.395. The lowest BCUT2D eigenvalue weighted by atomic mass is 10.0. The number of unbranched alkanes of at least 4 members (excludes halogenated alkanes) is 40. The quantitative estimate of drug-likeness (QED) is 0.0346. The van der Waals surface area contributed by atoms with E-state index in [0.29, 0.717) is 19.4 Å². The SMILES string of the molecule is CCCCCCCCC=CCCCCCCCCOC(COC(=O)CCCCCCCCCCCCCCCCC)COC(=O)CCCCCCCCCCCCCCCCC. The van der Waals surface area contributed by atoms with Gasteiger partial charge in [0.1, 0.15) is 19.3 Å². The lowest BCUT2D eigenvalue weighted by Crippen LogP contribution is -2.29. The molecule has 0 fully saturated rings. The van der Waals surface area contributed by atoms with Crippen molar-refractivity contribution >= 4 is 11.9 Å². The molecule has 0 aromatic heterocycles. The van der Waals surface area contributed by atoms with Crippen LogP contribution in [0.1, 0.15) is 316 Å². The van der Waals surface area contributed by atoms with Crippen LogP contribution in [0.25, 0.3) is 0 Å². The average molecular weight is 876 g/mol. The van der Waals surface area contributed by atoms with Gasteiger partial charge in [0.05, 0.1) is 0 Å². The first-order chi connectivity index (χ1) is 30.6. The van der Waals surface area contributed by atoms with Crippen molar-refractivity contribution in [2.75, 3.05) is 19.8 Å². The zero-order valence-corrected chi connectivity index (χ0v) is 42.4. The largest absolute Gasteiger partial charge is 0.463 e. The van der Waals surface area contributed by atoms with E-state index >= 15 is 0 Å². The van der Waals surface area contributed by atoms with E-state index < -0.39 is 6.10 Å². The Morgan fingerprint density at radius 1 is 0.323 bits per heavy atom. The summed E-state index contributed by atoms with van der Waals surface area (Å²) in [6, 6.07) is 0. The Morgan fingerprint density at radius 3 is 0.855 bits per heavy atom. The van der Waals surface area contributed by atoms with Gasteiger partial charge in [-0.25, -0.2) is 0 Å². The number of hydrogen-bond acceptors (Lipinski definition) is 5. The molecular weight excluding hydrogens is 765 g/mol. The van der Waals surface area contributed by atoms with Crippen molar-refractivity contribution in [1.82, 2.24) is 0 Å². The molecule has 0 saturated carbocycles. The lowest BCUT2D eigenvalue weighted by molar-refractivity contribution is -0.155. The molecule has 0 bridgehead atoms. The second kappa shape index (κ2) is 54.0. The molecule has 0 spiro atoms. The van der Waals surface area contributed by atoms with Gasteiger partial charge in [-0.3, -0.25) is 9.59 Å². The first-order valence-electron chi connectivity index (χ1n) is 28.2. The van der Waals surface area contributed by atoms with Crippen molar-refractivity contribution < 1.29 is 23.8 Å².